The number of nitrogens with zero attached hydrogens (tertiary/aromatic N) is 6. The molecule has 14 nitrogen and oxygen atoms in total. The van der Waals surface area contributed by atoms with E-state index in [0.29, 0.717) is 5.71 Å². The fraction of sp³-hybridized carbons (Fsp3) is 0.333. The van der Waals surface area contributed by atoms with Crippen molar-refractivity contribution < 1.29 is 24.1 Å². The van der Waals surface area contributed by atoms with Gasteiger partial charge in [0.05, 0.1) is 17.2 Å². The first-order chi connectivity index (χ1) is 13.9. The largest absolute Gasteiger partial charge is 0.490 e. The molecule has 4 rings (SSSR count). The van der Waals surface area contributed by atoms with Crippen LogP contribution in [0.25, 0.3) is 0 Å². The molecule has 2 saturated heterocycles. The summed E-state index contributed by atoms with van der Waals surface area (Å²) in [6, 6.07) is 4.75. The third-order valence-corrected chi connectivity index (χ3v) is 4.45. The monoisotopic (exact) mass is 403 g/mol. The summed E-state index contributed by atoms with van der Waals surface area (Å²) >= 11 is 0. The highest BCUT2D eigenvalue weighted by Gasteiger charge is 2.44. The molecule has 1 amide bonds. The molecule has 3 atom stereocenters. The van der Waals surface area contributed by atoms with Crippen LogP contribution in [-0.2, 0) is 9.47 Å². The van der Waals surface area contributed by atoms with Crippen molar-refractivity contribution in [2.75, 3.05) is 6.61 Å². The number of nitrogens with one attached hydrogen (secondary N) is 1. The van der Waals surface area contributed by atoms with Gasteiger partial charge in [0.25, 0.3) is 11.6 Å². The molecule has 2 aliphatic heterocycles. The van der Waals surface area contributed by atoms with Gasteiger partial charge in [-0.2, -0.15) is 9.78 Å². The summed E-state index contributed by atoms with van der Waals surface area (Å²) in [5.41, 5.74) is 2.52. The van der Waals surface area contributed by atoms with Crippen LogP contribution >= 0.6 is 0 Å². The Labute approximate surface area is 161 Å². The van der Waals surface area contributed by atoms with Crippen LogP contribution in [0.1, 0.15) is 22.8 Å². The zero-order valence-corrected chi connectivity index (χ0v) is 14.6. The van der Waals surface area contributed by atoms with Crippen LogP contribution in [0.3, 0.4) is 0 Å². The lowest BCUT2D eigenvalue weighted by atomic mass is 10.0. The average Bonchev–Trinajstić information content (AvgIpc) is 3.36. The van der Waals surface area contributed by atoms with Gasteiger partial charge in [0, 0.05) is 29.2 Å². The van der Waals surface area contributed by atoms with Crippen LogP contribution < -0.4 is 5.43 Å². The smallest absolute Gasteiger partial charge is 0.390 e. The minimum absolute atomic E-state index is 0.0638. The van der Waals surface area contributed by atoms with E-state index in [-0.39, 0.29) is 24.3 Å². The van der Waals surface area contributed by atoms with Crippen LogP contribution in [-0.4, -0.2) is 55.2 Å². The van der Waals surface area contributed by atoms with Crippen molar-refractivity contribution in [2.45, 2.75) is 24.9 Å². The van der Waals surface area contributed by atoms with Crippen molar-refractivity contribution in [2.24, 2.45) is 5.10 Å². The van der Waals surface area contributed by atoms with Gasteiger partial charge < -0.3 is 19.6 Å². The van der Waals surface area contributed by atoms with Crippen LogP contribution in [0.4, 0.5) is 11.6 Å². The van der Waals surface area contributed by atoms with E-state index in [9.17, 15) is 25.0 Å². The normalized spacial score (nSPS) is 24.4. The van der Waals surface area contributed by atoms with Crippen LogP contribution in [0, 0.1) is 20.2 Å². The third-order valence-electron chi connectivity index (χ3n) is 4.45. The first kappa shape index (κ1) is 18.6. The van der Waals surface area contributed by atoms with E-state index in [1.807, 2.05) is 0 Å². The Morgan fingerprint density at radius 2 is 2.14 bits per heavy atom. The molecule has 1 aromatic heterocycles. The van der Waals surface area contributed by atoms with Gasteiger partial charge in [-0.05, 0) is 11.0 Å². The molecule has 150 valence electrons. The fourth-order valence-electron chi connectivity index (χ4n) is 3.06. The summed E-state index contributed by atoms with van der Waals surface area (Å²) in [6.07, 6.45) is 0.322. The van der Waals surface area contributed by atoms with Gasteiger partial charge in [-0.3, -0.25) is 14.9 Å². The number of ether oxygens (including phenoxy) is 2. The standard InChI is InChI=1S/C15H13N7O7/c23-13(8-2-1-3-9(4-8)21(24)25)18-17-10-5-11(12-6-28-14(10)29-12)20-7-16-15(19-20)22(26)27/h1-4,7,11-12,14H,5-6H2,(H,18,23). The molecule has 1 N–H and O–H groups in total. The van der Waals surface area contributed by atoms with Crippen molar-refractivity contribution in [3.05, 3.63) is 56.4 Å². The SMILES string of the molecule is O=C(NN=C1CC(n2cnc([N+](=O)[O-])n2)C2COC1O2)c1cccc([N+](=O)[O-])c1. The quantitative estimate of drug-likeness (QED) is 0.552. The molecule has 2 aliphatic rings. The Hall–Kier alpha value is -3.78. The molecule has 3 heterocycles. The molecule has 0 saturated carbocycles. The summed E-state index contributed by atoms with van der Waals surface area (Å²) in [4.78, 5) is 36.2. The highest BCUT2D eigenvalue weighted by molar-refractivity contribution is 5.96. The summed E-state index contributed by atoms with van der Waals surface area (Å²) in [7, 11) is 0. The average molecular weight is 403 g/mol. The minimum atomic E-state index is -0.764. The third kappa shape index (κ3) is 3.65. The van der Waals surface area contributed by atoms with Gasteiger partial charge in [0.15, 0.2) is 6.29 Å². The van der Waals surface area contributed by atoms with Crippen molar-refractivity contribution in [1.82, 2.24) is 20.2 Å². The van der Waals surface area contributed by atoms with E-state index in [1.54, 1.807) is 0 Å². The summed E-state index contributed by atoms with van der Waals surface area (Å²) in [5.74, 6) is -1.18. The first-order valence-electron chi connectivity index (χ1n) is 8.36. The Balaban J connectivity index is 1.51. The second-order valence-electron chi connectivity index (χ2n) is 6.24. The predicted molar refractivity (Wildman–Crippen MR) is 92.9 cm³/mol. The molecule has 0 radical (unpaired) electrons. The van der Waals surface area contributed by atoms with Crippen LogP contribution in [0.15, 0.2) is 35.7 Å². The lowest BCUT2D eigenvalue weighted by molar-refractivity contribution is -0.394. The van der Waals surface area contributed by atoms with Gasteiger partial charge in [-0.1, -0.05) is 11.1 Å². The molecule has 29 heavy (non-hydrogen) atoms. The van der Waals surface area contributed by atoms with Crippen molar-refractivity contribution in [3.8, 4) is 0 Å². The van der Waals surface area contributed by atoms with Gasteiger partial charge in [-0.15, -0.1) is 0 Å². The Morgan fingerprint density at radius 3 is 2.86 bits per heavy atom. The van der Waals surface area contributed by atoms with Gasteiger partial charge in [-0.25, -0.2) is 5.43 Å². The van der Waals surface area contributed by atoms with E-state index in [1.165, 1.54) is 29.2 Å². The number of aromatic nitrogens is 3. The maximum atomic E-state index is 12.3. The molecule has 2 fully saturated rings. The number of nitro benzene ring substituents is 1. The fourth-order valence-corrected chi connectivity index (χ4v) is 3.06. The number of hydrogen-bond donors (Lipinski definition) is 1. The van der Waals surface area contributed by atoms with Crippen molar-refractivity contribution in [3.63, 3.8) is 0 Å². The van der Waals surface area contributed by atoms with Crippen LogP contribution in [0.2, 0.25) is 0 Å². The highest BCUT2D eigenvalue weighted by Crippen LogP contribution is 2.33. The number of non-ortho nitro benzene ring substituents is 1. The topological polar surface area (TPSA) is 177 Å². The molecular formula is C15H13N7O7. The van der Waals surface area contributed by atoms with E-state index in [2.05, 4.69) is 20.6 Å². The van der Waals surface area contributed by atoms with Crippen LogP contribution in [0.5, 0.6) is 0 Å². The second kappa shape index (κ2) is 7.33. The summed E-state index contributed by atoms with van der Waals surface area (Å²) in [5, 5.41) is 29.5. The van der Waals surface area contributed by atoms with E-state index < -0.39 is 40.1 Å². The maximum absolute atomic E-state index is 12.3. The van der Waals surface area contributed by atoms with E-state index in [4.69, 9.17) is 9.47 Å². The number of benzene rings is 1. The number of nitro groups is 2. The Bertz CT molecular complexity index is 1020. The molecule has 2 aromatic rings. The molecule has 14 heteroatoms. The summed E-state index contributed by atoms with van der Waals surface area (Å²) < 4.78 is 12.5. The highest BCUT2D eigenvalue weighted by atomic mass is 16.7. The first-order valence-corrected chi connectivity index (χ1v) is 8.36. The number of rotatable bonds is 5. The Morgan fingerprint density at radius 1 is 1.31 bits per heavy atom. The molecule has 0 spiro atoms. The molecular weight excluding hydrogens is 390 g/mol. The Kier molecular flexibility index (Phi) is 4.69. The zero-order valence-electron chi connectivity index (χ0n) is 14.6. The lowest BCUT2D eigenvalue weighted by Gasteiger charge is -2.26. The number of carbonyl (C=O) groups excluding carboxylic acids is 1. The second-order valence-corrected chi connectivity index (χ2v) is 6.24. The molecule has 1 aromatic carbocycles. The van der Waals surface area contributed by atoms with Gasteiger partial charge in [0.1, 0.15) is 12.1 Å². The van der Waals surface area contributed by atoms with E-state index >= 15 is 0 Å². The zero-order chi connectivity index (χ0) is 20.5. The van der Waals surface area contributed by atoms with Gasteiger partial charge in [0.2, 0.25) is 6.33 Å². The predicted octanol–water partition coefficient (Wildman–Crippen LogP) is 0.567. The number of fused-ring (bicyclic) bond motifs is 2. The molecule has 2 bridgehead atoms. The van der Waals surface area contributed by atoms with Crippen molar-refractivity contribution in [1.29, 1.82) is 0 Å². The van der Waals surface area contributed by atoms with Crippen molar-refractivity contribution >= 4 is 23.3 Å². The molecule has 3 unspecified atom stereocenters. The number of carbonyl (C=O) groups is 1. The van der Waals surface area contributed by atoms with E-state index in [0.717, 1.165) is 6.07 Å². The summed E-state index contributed by atoms with van der Waals surface area (Å²) in [6.45, 7) is 0.223. The lowest BCUT2D eigenvalue weighted by Crippen LogP contribution is -2.38. The number of hydrazone groups is 1. The van der Waals surface area contributed by atoms with Gasteiger partial charge >= 0.3 is 5.95 Å². The minimum Gasteiger partial charge on any atom is -0.390 e. The number of amides is 1. The number of hydrogen-bond acceptors (Lipinski definition) is 10. The maximum Gasteiger partial charge on any atom is 0.490 e. The molecule has 0 aliphatic carbocycles.